The quantitative estimate of drug-likeness (QED) is 0.733. The molecule has 1 atom stereocenters. The molecule has 0 amide bonds. The molecule has 1 aromatic rings. The van der Waals surface area contributed by atoms with E-state index in [1.807, 2.05) is 12.1 Å². The second kappa shape index (κ2) is 9.38. The Bertz CT molecular complexity index is 379. The Morgan fingerprint density at radius 2 is 1.95 bits per heavy atom. The van der Waals surface area contributed by atoms with Crippen LogP contribution in [0.2, 0.25) is 5.02 Å². The van der Waals surface area contributed by atoms with Crippen molar-refractivity contribution in [1.29, 1.82) is 0 Å². The van der Waals surface area contributed by atoms with Crippen LogP contribution in [0.4, 0.5) is 0 Å². The highest BCUT2D eigenvalue weighted by molar-refractivity contribution is 6.30. The first-order valence-corrected chi connectivity index (χ1v) is 7.94. The molecule has 114 valence electrons. The van der Waals surface area contributed by atoms with E-state index in [1.165, 1.54) is 5.56 Å². The monoisotopic (exact) mass is 297 g/mol. The summed E-state index contributed by atoms with van der Waals surface area (Å²) in [5.41, 5.74) is 1.30. The molecule has 2 nitrogen and oxygen atoms in total. The summed E-state index contributed by atoms with van der Waals surface area (Å²) in [6.45, 7) is 10.4. The predicted molar refractivity (Wildman–Crippen MR) is 87.5 cm³/mol. The van der Waals surface area contributed by atoms with E-state index in [9.17, 15) is 0 Å². The van der Waals surface area contributed by atoms with E-state index >= 15 is 0 Å². The van der Waals surface area contributed by atoms with Crippen molar-refractivity contribution in [2.75, 3.05) is 13.2 Å². The van der Waals surface area contributed by atoms with Gasteiger partial charge in [0, 0.05) is 17.7 Å². The molecule has 0 saturated carbocycles. The summed E-state index contributed by atoms with van der Waals surface area (Å²) in [6.07, 6.45) is 2.42. The Kier molecular flexibility index (Phi) is 8.20. The van der Waals surface area contributed by atoms with Crippen molar-refractivity contribution < 1.29 is 4.74 Å². The van der Waals surface area contributed by atoms with Gasteiger partial charge in [0.05, 0.1) is 6.10 Å². The number of rotatable bonds is 9. The van der Waals surface area contributed by atoms with E-state index in [4.69, 9.17) is 16.3 Å². The van der Waals surface area contributed by atoms with E-state index in [2.05, 4.69) is 45.1 Å². The van der Waals surface area contributed by atoms with Crippen LogP contribution in [0.5, 0.6) is 0 Å². The first-order valence-electron chi connectivity index (χ1n) is 7.56. The van der Waals surface area contributed by atoms with Gasteiger partial charge in [-0.2, -0.15) is 0 Å². The molecule has 0 aliphatic rings. The molecule has 0 aliphatic heterocycles. The Morgan fingerprint density at radius 3 is 2.55 bits per heavy atom. The predicted octanol–water partition coefficient (Wildman–Crippen LogP) is 4.31. The summed E-state index contributed by atoms with van der Waals surface area (Å²) < 4.78 is 5.69. The summed E-state index contributed by atoms with van der Waals surface area (Å²) in [4.78, 5) is 0. The third kappa shape index (κ3) is 7.88. The van der Waals surface area contributed by atoms with Crippen LogP contribution >= 0.6 is 11.6 Å². The van der Waals surface area contributed by atoms with Gasteiger partial charge in [0.15, 0.2) is 0 Å². The van der Waals surface area contributed by atoms with Crippen molar-refractivity contribution in [1.82, 2.24) is 5.32 Å². The maximum absolute atomic E-state index is 6.06. The number of benzene rings is 1. The molecule has 0 radical (unpaired) electrons. The Hall–Kier alpha value is -0.570. The topological polar surface area (TPSA) is 21.3 Å². The van der Waals surface area contributed by atoms with Gasteiger partial charge in [0.25, 0.3) is 0 Å². The first kappa shape index (κ1) is 17.5. The number of hydrogen-bond acceptors (Lipinski definition) is 2. The minimum atomic E-state index is 0.305. The molecule has 0 heterocycles. The second-order valence-corrected chi connectivity index (χ2v) is 6.41. The van der Waals surface area contributed by atoms with Crippen molar-refractivity contribution in [3.63, 3.8) is 0 Å². The highest BCUT2D eigenvalue weighted by atomic mass is 35.5. The Morgan fingerprint density at radius 1 is 1.20 bits per heavy atom. The molecule has 0 aliphatic carbocycles. The van der Waals surface area contributed by atoms with E-state index in [0.717, 1.165) is 31.0 Å². The fourth-order valence-corrected chi connectivity index (χ4v) is 2.36. The van der Waals surface area contributed by atoms with Gasteiger partial charge in [-0.25, -0.2) is 0 Å². The average Bonchev–Trinajstić information content (AvgIpc) is 2.35. The molecule has 0 fully saturated rings. The first-order chi connectivity index (χ1) is 9.47. The van der Waals surface area contributed by atoms with Crippen molar-refractivity contribution in [2.24, 2.45) is 5.92 Å². The molecule has 1 N–H and O–H groups in total. The van der Waals surface area contributed by atoms with E-state index in [-0.39, 0.29) is 0 Å². The number of ether oxygens (including phenoxy) is 1. The lowest BCUT2D eigenvalue weighted by molar-refractivity contribution is 0.0681. The van der Waals surface area contributed by atoms with Crippen molar-refractivity contribution >= 4 is 11.6 Å². The van der Waals surface area contributed by atoms with Crippen LogP contribution in [-0.4, -0.2) is 25.3 Å². The van der Waals surface area contributed by atoms with Crippen LogP contribution in [0.3, 0.4) is 0 Å². The number of halogens is 1. The highest BCUT2D eigenvalue weighted by Gasteiger charge is 2.11. The molecule has 3 heteroatoms. The van der Waals surface area contributed by atoms with E-state index in [0.29, 0.717) is 18.1 Å². The molecule has 0 spiro atoms. The standard InChI is InChI=1S/C17H28ClNO/c1-13(2)19-12-16(8-9-20-14(3)4)10-15-6-5-7-17(18)11-15/h5-7,11,13-14,16,19H,8-10,12H2,1-4H3. The Balaban J connectivity index is 2.52. The third-order valence-corrected chi connectivity index (χ3v) is 3.44. The van der Waals surface area contributed by atoms with Gasteiger partial charge in [0.1, 0.15) is 0 Å². The van der Waals surface area contributed by atoms with Gasteiger partial charge in [-0.15, -0.1) is 0 Å². The van der Waals surface area contributed by atoms with Gasteiger partial charge >= 0.3 is 0 Å². The van der Waals surface area contributed by atoms with Crippen LogP contribution in [0.15, 0.2) is 24.3 Å². The summed E-state index contributed by atoms with van der Waals surface area (Å²) in [6, 6.07) is 8.68. The zero-order valence-corrected chi connectivity index (χ0v) is 13.9. The lowest BCUT2D eigenvalue weighted by atomic mass is 9.96. The lowest BCUT2D eigenvalue weighted by Crippen LogP contribution is -2.30. The molecule has 1 aromatic carbocycles. The largest absolute Gasteiger partial charge is 0.379 e. The van der Waals surface area contributed by atoms with Crippen LogP contribution < -0.4 is 5.32 Å². The summed E-state index contributed by atoms with van der Waals surface area (Å²) in [7, 11) is 0. The zero-order valence-electron chi connectivity index (χ0n) is 13.2. The molecule has 0 aromatic heterocycles. The van der Waals surface area contributed by atoms with Crippen LogP contribution in [0.1, 0.15) is 39.7 Å². The van der Waals surface area contributed by atoms with Gasteiger partial charge in [-0.05, 0) is 56.8 Å². The maximum atomic E-state index is 6.06. The van der Waals surface area contributed by atoms with Crippen LogP contribution in [0, 0.1) is 5.92 Å². The SMILES string of the molecule is CC(C)NCC(CCOC(C)C)Cc1cccc(Cl)c1. The van der Waals surface area contributed by atoms with Gasteiger partial charge in [-0.1, -0.05) is 37.6 Å². The second-order valence-electron chi connectivity index (χ2n) is 5.97. The van der Waals surface area contributed by atoms with E-state index in [1.54, 1.807) is 0 Å². The van der Waals surface area contributed by atoms with Crippen molar-refractivity contribution in [2.45, 2.75) is 52.7 Å². The molecule has 0 bridgehead atoms. The van der Waals surface area contributed by atoms with Crippen LogP contribution in [-0.2, 0) is 11.2 Å². The van der Waals surface area contributed by atoms with Gasteiger partial charge in [-0.3, -0.25) is 0 Å². The number of nitrogens with one attached hydrogen (secondary N) is 1. The average molecular weight is 298 g/mol. The summed E-state index contributed by atoms with van der Waals surface area (Å²) in [5.74, 6) is 0.578. The molecule has 1 rings (SSSR count). The fraction of sp³-hybridized carbons (Fsp3) is 0.647. The highest BCUT2D eigenvalue weighted by Crippen LogP contribution is 2.16. The molecule has 0 saturated heterocycles. The lowest BCUT2D eigenvalue weighted by Gasteiger charge is -2.20. The molecule has 20 heavy (non-hydrogen) atoms. The normalized spacial score (nSPS) is 13.2. The summed E-state index contributed by atoms with van der Waals surface area (Å²) >= 11 is 6.06. The minimum Gasteiger partial charge on any atom is -0.379 e. The van der Waals surface area contributed by atoms with Gasteiger partial charge in [0.2, 0.25) is 0 Å². The van der Waals surface area contributed by atoms with E-state index < -0.39 is 0 Å². The van der Waals surface area contributed by atoms with Gasteiger partial charge < -0.3 is 10.1 Å². The smallest absolute Gasteiger partial charge is 0.0518 e. The Labute approximate surface area is 128 Å². The minimum absolute atomic E-state index is 0.305. The zero-order chi connectivity index (χ0) is 15.0. The van der Waals surface area contributed by atoms with Crippen LogP contribution in [0.25, 0.3) is 0 Å². The third-order valence-electron chi connectivity index (χ3n) is 3.21. The molecular formula is C17H28ClNO. The summed E-state index contributed by atoms with van der Waals surface area (Å²) in [5, 5.41) is 4.35. The molecular weight excluding hydrogens is 270 g/mol. The maximum Gasteiger partial charge on any atom is 0.0518 e. The fourth-order valence-electron chi connectivity index (χ4n) is 2.15. The van der Waals surface area contributed by atoms with Crippen molar-refractivity contribution in [3.05, 3.63) is 34.9 Å². The van der Waals surface area contributed by atoms with Crippen molar-refractivity contribution in [3.8, 4) is 0 Å². The molecule has 1 unspecified atom stereocenters. The number of hydrogen-bond donors (Lipinski definition) is 1.